The van der Waals surface area contributed by atoms with Gasteiger partial charge in [0.15, 0.2) is 0 Å². The number of amides is 2. The Kier molecular flexibility index (Phi) is 6.20. The lowest BCUT2D eigenvalue weighted by atomic mass is 9.87. The van der Waals surface area contributed by atoms with E-state index in [0.717, 1.165) is 48.4 Å². The van der Waals surface area contributed by atoms with E-state index >= 15 is 0 Å². The van der Waals surface area contributed by atoms with Crippen LogP contribution in [0.25, 0.3) is 11.3 Å². The van der Waals surface area contributed by atoms with Crippen molar-refractivity contribution in [2.24, 2.45) is 5.92 Å². The molecular weight excluding hydrogens is 450 g/mol. The van der Waals surface area contributed by atoms with Crippen LogP contribution in [0.2, 0.25) is 5.02 Å². The molecule has 1 aromatic heterocycles. The average molecular weight is 476 g/mol. The number of fused-ring (bicyclic) bond motifs is 3. The molecule has 1 fully saturated rings. The zero-order valence-electron chi connectivity index (χ0n) is 18.9. The molecule has 0 bridgehead atoms. The maximum atomic E-state index is 12.6. The molecule has 0 atom stereocenters. The van der Waals surface area contributed by atoms with E-state index < -0.39 is 0 Å². The van der Waals surface area contributed by atoms with Crippen LogP contribution in [0, 0.1) is 5.92 Å². The molecule has 8 heteroatoms. The standard InChI is InChI=1S/C26H26ClN5O2/c1-15-2-7-19(8-3-15)29-25(34)16-4-9-20(10-5-16)30-26-28-14-17-12-23(33)31-22-13-18(27)6-11-21(22)24(17)32-26/h4-6,9-11,13-15,19H,2-3,7-8,12H2,1H3,(H,29,34)(H,31,33)(H,28,30,32). The van der Waals surface area contributed by atoms with Gasteiger partial charge in [-0.3, -0.25) is 9.59 Å². The van der Waals surface area contributed by atoms with Gasteiger partial charge >= 0.3 is 0 Å². The fourth-order valence-corrected chi connectivity index (χ4v) is 4.70. The summed E-state index contributed by atoms with van der Waals surface area (Å²) in [5.74, 6) is 0.974. The number of benzene rings is 2. The van der Waals surface area contributed by atoms with E-state index in [2.05, 4.69) is 32.8 Å². The molecule has 1 aliphatic carbocycles. The van der Waals surface area contributed by atoms with Crippen molar-refractivity contribution in [3.63, 3.8) is 0 Å². The Morgan fingerprint density at radius 2 is 1.85 bits per heavy atom. The fraction of sp³-hybridized carbons (Fsp3) is 0.308. The van der Waals surface area contributed by atoms with Gasteiger partial charge in [-0.2, -0.15) is 0 Å². The highest BCUT2D eigenvalue weighted by Crippen LogP contribution is 2.35. The van der Waals surface area contributed by atoms with Gasteiger partial charge in [-0.15, -0.1) is 0 Å². The summed E-state index contributed by atoms with van der Waals surface area (Å²) in [6.45, 7) is 2.27. The predicted octanol–water partition coefficient (Wildman–Crippen LogP) is 5.34. The zero-order chi connectivity index (χ0) is 23.7. The molecule has 174 valence electrons. The summed E-state index contributed by atoms with van der Waals surface area (Å²) in [6.07, 6.45) is 6.26. The minimum absolute atomic E-state index is 0.0418. The van der Waals surface area contributed by atoms with Gasteiger partial charge in [-0.25, -0.2) is 9.97 Å². The van der Waals surface area contributed by atoms with Crippen LogP contribution >= 0.6 is 11.6 Å². The average Bonchev–Trinajstić information content (AvgIpc) is 2.95. The van der Waals surface area contributed by atoms with Gasteiger partial charge in [0.2, 0.25) is 11.9 Å². The van der Waals surface area contributed by atoms with Gasteiger partial charge in [0, 0.05) is 39.6 Å². The fourth-order valence-electron chi connectivity index (χ4n) is 4.53. The summed E-state index contributed by atoms with van der Waals surface area (Å²) in [6, 6.07) is 12.9. The van der Waals surface area contributed by atoms with Crippen LogP contribution in [0.3, 0.4) is 0 Å². The van der Waals surface area contributed by atoms with E-state index in [-0.39, 0.29) is 24.3 Å². The van der Waals surface area contributed by atoms with Crippen LogP contribution in [0.15, 0.2) is 48.7 Å². The third kappa shape index (κ3) is 4.89. The van der Waals surface area contributed by atoms with Gasteiger partial charge in [0.25, 0.3) is 5.91 Å². The van der Waals surface area contributed by atoms with Crippen molar-refractivity contribution in [1.82, 2.24) is 15.3 Å². The quantitative estimate of drug-likeness (QED) is 0.473. The first-order valence-corrected chi connectivity index (χ1v) is 12.0. The molecule has 3 aromatic rings. The molecule has 2 aromatic carbocycles. The summed E-state index contributed by atoms with van der Waals surface area (Å²) >= 11 is 6.11. The van der Waals surface area contributed by atoms with E-state index in [1.54, 1.807) is 30.5 Å². The van der Waals surface area contributed by atoms with Crippen molar-refractivity contribution in [2.45, 2.75) is 45.1 Å². The molecule has 0 unspecified atom stereocenters. The van der Waals surface area contributed by atoms with Gasteiger partial charge in [-0.1, -0.05) is 18.5 Å². The van der Waals surface area contributed by atoms with Crippen molar-refractivity contribution in [1.29, 1.82) is 0 Å². The molecule has 1 aliphatic heterocycles. The van der Waals surface area contributed by atoms with Crippen LogP contribution in [-0.4, -0.2) is 27.8 Å². The summed E-state index contributed by atoms with van der Waals surface area (Å²) in [5.41, 5.74) is 4.24. The van der Waals surface area contributed by atoms with Crippen LogP contribution in [0.1, 0.15) is 48.5 Å². The number of hydrogen-bond donors (Lipinski definition) is 3. The molecule has 1 saturated carbocycles. The highest BCUT2D eigenvalue weighted by Gasteiger charge is 2.22. The summed E-state index contributed by atoms with van der Waals surface area (Å²) in [7, 11) is 0. The van der Waals surface area contributed by atoms with E-state index in [1.165, 1.54) is 0 Å². The lowest BCUT2D eigenvalue weighted by Crippen LogP contribution is -2.37. The van der Waals surface area contributed by atoms with E-state index in [9.17, 15) is 9.59 Å². The van der Waals surface area contributed by atoms with Gasteiger partial charge in [0.1, 0.15) is 0 Å². The molecule has 7 nitrogen and oxygen atoms in total. The number of nitrogens with one attached hydrogen (secondary N) is 3. The first-order valence-electron chi connectivity index (χ1n) is 11.6. The van der Waals surface area contributed by atoms with Crippen molar-refractivity contribution in [3.8, 4) is 11.3 Å². The van der Waals surface area contributed by atoms with E-state index in [1.807, 2.05) is 18.2 Å². The molecular formula is C26H26ClN5O2. The summed E-state index contributed by atoms with van der Waals surface area (Å²) < 4.78 is 0. The summed E-state index contributed by atoms with van der Waals surface area (Å²) in [5, 5.41) is 9.77. The third-order valence-electron chi connectivity index (χ3n) is 6.48. The first-order chi connectivity index (χ1) is 16.4. The molecule has 3 N–H and O–H groups in total. The van der Waals surface area contributed by atoms with Crippen molar-refractivity contribution in [2.75, 3.05) is 10.6 Å². The number of hydrogen-bond acceptors (Lipinski definition) is 5. The minimum atomic E-state index is -0.136. The topological polar surface area (TPSA) is 96.0 Å². The molecule has 5 rings (SSSR count). The second-order valence-electron chi connectivity index (χ2n) is 9.11. The Bertz CT molecular complexity index is 1240. The molecule has 2 amide bonds. The van der Waals surface area contributed by atoms with Crippen molar-refractivity contribution < 1.29 is 9.59 Å². The number of halogens is 1. The maximum Gasteiger partial charge on any atom is 0.251 e. The molecule has 0 saturated heterocycles. The Labute approximate surface area is 203 Å². The van der Waals surface area contributed by atoms with Gasteiger partial charge in [0.05, 0.1) is 17.8 Å². The molecule has 2 aliphatic rings. The Morgan fingerprint density at radius 1 is 1.09 bits per heavy atom. The Morgan fingerprint density at radius 3 is 2.62 bits per heavy atom. The van der Waals surface area contributed by atoms with Crippen molar-refractivity contribution in [3.05, 3.63) is 64.8 Å². The SMILES string of the molecule is CC1CCC(NC(=O)c2ccc(Nc3ncc4c(n3)-c3ccc(Cl)cc3NC(=O)C4)cc2)CC1. The minimum Gasteiger partial charge on any atom is -0.349 e. The third-order valence-corrected chi connectivity index (χ3v) is 6.72. The summed E-state index contributed by atoms with van der Waals surface area (Å²) in [4.78, 5) is 34.0. The number of anilines is 3. The van der Waals surface area contributed by atoms with Gasteiger partial charge < -0.3 is 16.0 Å². The lowest BCUT2D eigenvalue weighted by molar-refractivity contribution is -0.115. The number of aromatic nitrogens is 2. The van der Waals surface area contributed by atoms with Crippen molar-refractivity contribution >= 4 is 40.7 Å². The highest BCUT2D eigenvalue weighted by atomic mass is 35.5. The first kappa shape index (κ1) is 22.3. The molecule has 2 heterocycles. The number of carbonyl (C=O) groups is 2. The lowest BCUT2D eigenvalue weighted by Gasteiger charge is -2.26. The smallest absolute Gasteiger partial charge is 0.251 e. The number of nitrogens with zero attached hydrogens (tertiary/aromatic N) is 2. The molecule has 0 radical (unpaired) electrons. The van der Waals surface area contributed by atoms with Crippen LogP contribution < -0.4 is 16.0 Å². The van der Waals surface area contributed by atoms with E-state index in [0.29, 0.717) is 27.9 Å². The maximum absolute atomic E-state index is 12.6. The second kappa shape index (κ2) is 9.43. The predicted molar refractivity (Wildman–Crippen MR) is 133 cm³/mol. The van der Waals surface area contributed by atoms with Crippen LogP contribution in [-0.2, 0) is 11.2 Å². The Hall–Kier alpha value is -3.45. The van der Waals surface area contributed by atoms with Crippen LogP contribution in [0.4, 0.5) is 17.3 Å². The number of carbonyl (C=O) groups excluding carboxylic acids is 2. The molecule has 0 spiro atoms. The Balaban J connectivity index is 1.31. The van der Waals surface area contributed by atoms with Gasteiger partial charge in [-0.05, 0) is 74.1 Å². The highest BCUT2D eigenvalue weighted by molar-refractivity contribution is 6.31. The zero-order valence-corrected chi connectivity index (χ0v) is 19.7. The van der Waals surface area contributed by atoms with Crippen LogP contribution in [0.5, 0.6) is 0 Å². The van der Waals surface area contributed by atoms with E-state index in [4.69, 9.17) is 11.6 Å². The largest absolute Gasteiger partial charge is 0.349 e. The normalized spacial score (nSPS) is 19.3. The second-order valence-corrected chi connectivity index (χ2v) is 9.55. The molecule has 34 heavy (non-hydrogen) atoms. The monoisotopic (exact) mass is 475 g/mol. The number of rotatable bonds is 4.